The number of unbranched alkanes of at least 4 members (excludes halogenated alkanes) is 1. The third kappa shape index (κ3) is 7.45. The van der Waals surface area contributed by atoms with Gasteiger partial charge in [0.1, 0.15) is 0 Å². The van der Waals surface area contributed by atoms with Crippen molar-refractivity contribution in [3.05, 3.63) is 17.5 Å². The maximum atomic E-state index is 5.51. The van der Waals surface area contributed by atoms with Gasteiger partial charge in [-0.15, -0.1) is 0 Å². The summed E-state index contributed by atoms with van der Waals surface area (Å²) in [4.78, 5) is 4.20. The number of nitrogens with zero attached hydrogens (tertiary/aromatic N) is 3. The summed E-state index contributed by atoms with van der Waals surface area (Å²) >= 11 is 0. The molecule has 0 saturated carbocycles. The van der Waals surface area contributed by atoms with Crippen molar-refractivity contribution in [2.75, 3.05) is 33.4 Å². The van der Waals surface area contributed by atoms with Gasteiger partial charge in [0, 0.05) is 39.0 Å². The Morgan fingerprint density at radius 3 is 2.64 bits per heavy atom. The number of hydrogen-bond acceptors (Lipinski definition) is 3. The average molecular weight is 309 g/mol. The average Bonchev–Trinajstić information content (AvgIpc) is 2.82. The second-order valence-electron chi connectivity index (χ2n) is 5.40. The number of guanidine groups is 1. The van der Waals surface area contributed by atoms with Crippen molar-refractivity contribution < 1.29 is 4.74 Å². The highest BCUT2D eigenvalue weighted by atomic mass is 16.5. The van der Waals surface area contributed by atoms with Crippen molar-refractivity contribution in [2.24, 2.45) is 4.99 Å². The molecule has 22 heavy (non-hydrogen) atoms. The third-order valence-electron chi connectivity index (χ3n) is 3.35. The number of ether oxygens (including phenoxy) is 1. The van der Waals surface area contributed by atoms with Gasteiger partial charge in [-0.1, -0.05) is 13.3 Å². The summed E-state index contributed by atoms with van der Waals surface area (Å²) in [5.41, 5.74) is 2.29. The molecule has 0 atom stereocenters. The molecule has 0 unspecified atom stereocenters. The fraction of sp³-hybridized carbons (Fsp3) is 0.750. The monoisotopic (exact) mass is 309 g/mol. The highest BCUT2D eigenvalue weighted by molar-refractivity contribution is 5.79. The number of aliphatic imine (C=N–C) groups is 1. The molecule has 126 valence electrons. The molecule has 1 rings (SSSR count). The fourth-order valence-corrected chi connectivity index (χ4v) is 2.15. The van der Waals surface area contributed by atoms with Crippen molar-refractivity contribution in [3.8, 4) is 0 Å². The summed E-state index contributed by atoms with van der Waals surface area (Å²) in [6.45, 7) is 10.4. The van der Waals surface area contributed by atoms with Crippen LogP contribution in [-0.2, 0) is 11.3 Å². The zero-order chi connectivity index (χ0) is 16.2. The van der Waals surface area contributed by atoms with Crippen molar-refractivity contribution in [1.29, 1.82) is 0 Å². The number of rotatable bonds is 10. The third-order valence-corrected chi connectivity index (χ3v) is 3.35. The predicted molar refractivity (Wildman–Crippen MR) is 91.4 cm³/mol. The lowest BCUT2D eigenvalue weighted by atomic mass is 10.4. The van der Waals surface area contributed by atoms with E-state index in [4.69, 9.17) is 4.74 Å². The van der Waals surface area contributed by atoms with Crippen LogP contribution in [0.2, 0.25) is 0 Å². The summed E-state index contributed by atoms with van der Waals surface area (Å²) in [6.07, 6.45) is 3.31. The highest BCUT2D eigenvalue weighted by Crippen LogP contribution is 2.02. The molecule has 0 aromatic carbocycles. The number of nitrogens with one attached hydrogen (secondary N) is 2. The van der Waals surface area contributed by atoms with Crippen LogP contribution >= 0.6 is 0 Å². The van der Waals surface area contributed by atoms with Crippen LogP contribution in [0, 0.1) is 13.8 Å². The molecule has 6 nitrogen and oxygen atoms in total. The Bertz CT molecular complexity index is 442. The molecule has 0 aliphatic rings. The van der Waals surface area contributed by atoms with E-state index < -0.39 is 0 Å². The zero-order valence-corrected chi connectivity index (χ0v) is 14.5. The second-order valence-corrected chi connectivity index (χ2v) is 5.40. The largest absolute Gasteiger partial charge is 0.380 e. The van der Waals surface area contributed by atoms with Gasteiger partial charge in [0.15, 0.2) is 5.96 Å². The molecule has 6 heteroatoms. The Hall–Kier alpha value is -1.56. The first-order valence-corrected chi connectivity index (χ1v) is 8.20. The SMILES string of the molecule is CCCCOCCNC(=NC)NCCCn1nc(C)cc1C. The predicted octanol–water partition coefficient (Wildman–Crippen LogP) is 1.87. The van der Waals surface area contributed by atoms with Crippen LogP contribution in [0.5, 0.6) is 0 Å². The minimum Gasteiger partial charge on any atom is -0.380 e. The minimum absolute atomic E-state index is 0.715. The van der Waals surface area contributed by atoms with E-state index in [0.29, 0.717) is 6.61 Å². The highest BCUT2D eigenvalue weighted by Gasteiger charge is 2.01. The van der Waals surface area contributed by atoms with Gasteiger partial charge >= 0.3 is 0 Å². The van der Waals surface area contributed by atoms with Gasteiger partial charge in [-0.25, -0.2) is 0 Å². The van der Waals surface area contributed by atoms with Gasteiger partial charge in [-0.3, -0.25) is 9.67 Å². The van der Waals surface area contributed by atoms with E-state index in [9.17, 15) is 0 Å². The molecule has 0 radical (unpaired) electrons. The van der Waals surface area contributed by atoms with E-state index in [1.807, 2.05) is 6.92 Å². The molecule has 0 amide bonds. The topological polar surface area (TPSA) is 63.5 Å². The molecule has 1 heterocycles. The first-order chi connectivity index (χ1) is 10.7. The molecule has 0 bridgehead atoms. The molecule has 2 N–H and O–H groups in total. The van der Waals surface area contributed by atoms with Crippen LogP contribution in [0.3, 0.4) is 0 Å². The zero-order valence-electron chi connectivity index (χ0n) is 14.5. The van der Waals surface area contributed by atoms with E-state index in [1.165, 1.54) is 12.1 Å². The maximum Gasteiger partial charge on any atom is 0.191 e. The lowest BCUT2D eigenvalue weighted by Crippen LogP contribution is -2.39. The smallest absolute Gasteiger partial charge is 0.191 e. The molecule has 0 spiro atoms. The van der Waals surface area contributed by atoms with Gasteiger partial charge in [-0.05, 0) is 32.8 Å². The quantitative estimate of drug-likeness (QED) is 0.393. The molecule has 0 fully saturated rings. The van der Waals surface area contributed by atoms with Gasteiger partial charge < -0.3 is 15.4 Å². The Balaban J connectivity index is 2.10. The summed E-state index contributed by atoms with van der Waals surface area (Å²) in [5.74, 6) is 0.826. The Labute approximate surface area is 134 Å². The van der Waals surface area contributed by atoms with Crippen molar-refractivity contribution in [2.45, 2.75) is 46.6 Å². The molecule has 1 aromatic rings. The first kappa shape index (κ1) is 18.5. The number of aryl methyl sites for hydroxylation is 3. The summed E-state index contributed by atoms with van der Waals surface area (Å²) < 4.78 is 7.56. The molecule has 0 saturated heterocycles. The lowest BCUT2D eigenvalue weighted by Gasteiger charge is -2.12. The Kier molecular flexibility index (Phi) is 9.30. The van der Waals surface area contributed by atoms with Crippen molar-refractivity contribution in [3.63, 3.8) is 0 Å². The molecular weight excluding hydrogens is 278 g/mol. The van der Waals surface area contributed by atoms with E-state index >= 15 is 0 Å². The first-order valence-electron chi connectivity index (χ1n) is 8.20. The standard InChI is InChI=1S/C16H31N5O/c1-5-6-11-22-12-9-19-16(17-4)18-8-7-10-21-15(3)13-14(2)20-21/h13H,5-12H2,1-4H3,(H2,17,18,19). The van der Waals surface area contributed by atoms with E-state index in [2.05, 4.69) is 45.3 Å². The minimum atomic E-state index is 0.715. The van der Waals surface area contributed by atoms with Gasteiger partial charge in [0.2, 0.25) is 0 Å². The van der Waals surface area contributed by atoms with Gasteiger partial charge in [0.05, 0.1) is 12.3 Å². The molecule has 0 aliphatic carbocycles. The molecular formula is C16H31N5O. The van der Waals surface area contributed by atoms with Gasteiger partial charge in [-0.2, -0.15) is 5.10 Å². The van der Waals surface area contributed by atoms with E-state index in [-0.39, 0.29) is 0 Å². The maximum absolute atomic E-state index is 5.51. The normalized spacial score (nSPS) is 11.7. The Morgan fingerprint density at radius 1 is 1.23 bits per heavy atom. The summed E-state index contributed by atoms with van der Waals surface area (Å²) in [5, 5.41) is 11.0. The van der Waals surface area contributed by atoms with Crippen LogP contribution in [0.25, 0.3) is 0 Å². The number of hydrogen-bond donors (Lipinski definition) is 2. The van der Waals surface area contributed by atoms with Crippen LogP contribution in [0.15, 0.2) is 11.1 Å². The number of aromatic nitrogens is 2. The van der Waals surface area contributed by atoms with Crippen LogP contribution < -0.4 is 10.6 Å². The summed E-state index contributed by atoms with van der Waals surface area (Å²) in [6, 6.07) is 2.10. The molecule has 0 aliphatic heterocycles. The summed E-state index contributed by atoms with van der Waals surface area (Å²) in [7, 11) is 1.79. The van der Waals surface area contributed by atoms with Crippen molar-refractivity contribution in [1.82, 2.24) is 20.4 Å². The van der Waals surface area contributed by atoms with Crippen molar-refractivity contribution >= 4 is 5.96 Å². The van der Waals surface area contributed by atoms with Crippen LogP contribution in [-0.4, -0.2) is 49.1 Å². The van der Waals surface area contributed by atoms with Crippen LogP contribution in [0.4, 0.5) is 0 Å². The lowest BCUT2D eigenvalue weighted by molar-refractivity contribution is 0.136. The Morgan fingerprint density at radius 2 is 2.00 bits per heavy atom. The van der Waals surface area contributed by atoms with Gasteiger partial charge in [0.25, 0.3) is 0 Å². The van der Waals surface area contributed by atoms with E-state index in [0.717, 1.165) is 50.7 Å². The second kappa shape index (κ2) is 11.1. The fourth-order valence-electron chi connectivity index (χ4n) is 2.15. The molecule has 1 aromatic heterocycles. The van der Waals surface area contributed by atoms with Crippen LogP contribution in [0.1, 0.15) is 37.6 Å². The van der Waals surface area contributed by atoms with E-state index in [1.54, 1.807) is 7.05 Å².